The molecule has 0 aliphatic heterocycles. The molecule has 5 aromatic rings. The van der Waals surface area contributed by atoms with E-state index in [1.54, 1.807) is 12.1 Å². The number of halogens is 2. The van der Waals surface area contributed by atoms with Gasteiger partial charge < -0.3 is 14.0 Å². The first kappa shape index (κ1) is 25.1. The van der Waals surface area contributed by atoms with Crippen LogP contribution in [0.5, 0.6) is 5.75 Å². The molecule has 0 spiro atoms. The molecular weight excluding hydrogens is 486 g/mol. The van der Waals surface area contributed by atoms with Crippen molar-refractivity contribution in [3.8, 4) is 22.6 Å². The van der Waals surface area contributed by atoms with Crippen LogP contribution in [0.2, 0.25) is 0 Å². The van der Waals surface area contributed by atoms with E-state index in [4.69, 9.17) is 4.74 Å². The first-order valence-electron chi connectivity index (χ1n) is 12.2. The maximum absolute atomic E-state index is 15.1. The summed E-state index contributed by atoms with van der Waals surface area (Å²) in [6.07, 6.45) is 1.47. The lowest BCUT2D eigenvalue weighted by Crippen LogP contribution is -2.08. The van der Waals surface area contributed by atoms with Crippen LogP contribution in [0, 0.1) is 11.6 Å². The second-order valence-electron chi connectivity index (χ2n) is 9.20. The summed E-state index contributed by atoms with van der Waals surface area (Å²) in [5.41, 5.74) is 4.28. The molecule has 0 amide bonds. The number of methoxy groups -OCH3 is 1. The summed E-state index contributed by atoms with van der Waals surface area (Å²) in [6.45, 7) is 4.41. The molecule has 2 heterocycles. The van der Waals surface area contributed by atoms with Crippen LogP contribution >= 0.6 is 0 Å². The van der Waals surface area contributed by atoms with Crippen molar-refractivity contribution in [1.29, 1.82) is 0 Å². The summed E-state index contributed by atoms with van der Waals surface area (Å²) in [4.78, 5) is 16.1. The Balaban J connectivity index is 1.79. The number of fused-ring (bicyclic) bond motifs is 1. The third-order valence-corrected chi connectivity index (χ3v) is 6.37. The average molecular weight is 513 g/mol. The molecule has 0 unspecified atom stereocenters. The predicted octanol–water partition coefficient (Wildman–Crippen LogP) is 7.46. The molecule has 0 N–H and O–H groups in total. The molecule has 3 aromatic carbocycles. The Bertz CT molecular complexity index is 1610. The largest absolute Gasteiger partial charge is 0.488 e. The van der Waals surface area contributed by atoms with Gasteiger partial charge in [-0.25, -0.2) is 18.6 Å². The van der Waals surface area contributed by atoms with E-state index in [0.717, 1.165) is 33.4 Å². The van der Waals surface area contributed by atoms with E-state index in [9.17, 15) is 9.18 Å². The van der Waals surface area contributed by atoms with Crippen LogP contribution in [0.15, 0.2) is 85.1 Å². The number of rotatable bonds is 7. The lowest BCUT2D eigenvalue weighted by atomic mass is 9.97. The van der Waals surface area contributed by atoms with Crippen molar-refractivity contribution >= 4 is 16.9 Å². The number of esters is 1. The Kier molecular flexibility index (Phi) is 6.92. The molecule has 0 aliphatic rings. The molecule has 0 aliphatic carbocycles. The minimum Gasteiger partial charge on any atom is -0.488 e. The standard InChI is InChI=1S/C31H26F2N2O3/c1-19(2)30-27(21-16-24(33)29(34-17-21)31(36)37-3)28-25(35(30)23-14-12-22(32)13-15-23)10-7-11-26(28)38-18-20-8-5-4-6-9-20/h4-17,19H,18H2,1-3H3. The van der Waals surface area contributed by atoms with Gasteiger partial charge in [0.15, 0.2) is 11.5 Å². The van der Waals surface area contributed by atoms with Crippen LogP contribution in [0.3, 0.4) is 0 Å². The van der Waals surface area contributed by atoms with Gasteiger partial charge in [-0.05, 0) is 53.9 Å². The van der Waals surface area contributed by atoms with Gasteiger partial charge in [-0.15, -0.1) is 0 Å². The fraction of sp³-hybridized carbons (Fsp3) is 0.161. The van der Waals surface area contributed by atoms with Crippen LogP contribution in [0.1, 0.15) is 41.5 Å². The maximum Gasteiger partial charge on any atom is 0.359 e. The summed E-state index contributed by atoms with van der Waals surface area (Å²) < 4.78 is 42.0. The molecule has 0 saturated carbocycles. The number of ether oxygens (including phenoxy) is 2. The summed E-state index contributed by atoms with van der Waals surface area (Å²) in [5.74, 6) is -1.38. The zero-order valence-electron chi connectivity index (χ0n) is 21.2. The third kappa shape index (κ3) is 4.63. The molecule has 2 aromatic heterocycles. The van der Waals surface area contributed by atoms with Gasteiger partial charge in [0.25, 0.3) is 0 Å². The highest BCUT2D eigenvalue weighted by Crippen LogP contribution is 2.44. The summed E-state index contributed by atoms with van der Waals surface area (Å²) in [5, 5.41) is 0.767. The zero-order valence-corrected chi connectivity index (χ0v) is 21.2. The molecule has 192 valence electrons. The van der Waals surface area contributed by atoms with E-state index in [1.165, 1.54) is 31.5 Å². The van der Waals surface area contributed by atoms with Crippen LogP contribution < -0.4 is 4.74 Å². The molecule has 0 fully saturated rings. The molecule has 0 radical (unpaired) electrons. The Hall–Kier alpha value is -4.52. The molecular formula is C31H26F2N2O3. The molecule has 7 heteroatoms. The van der Waals surface area contributed by atoms with E-state index < -0.39 is 11.8 Å². The number of benzene rings is 3. The molecule has 5 nitrogen and oxygen atoms in total. The first-order chi connectivity index (χ1) is 18.4. The third-order valence-electron chi connectivity index (χ3n) is 6.37. The van der Waals surface area contributed by atoms with Crippen LogP contribution in [-0.4, -0.2) is 22.6 Å². The number of pyridine rings is 1. The maximum atomic E-state index is 15.1. The van der Waals surface area contributed by atoms with Crippen molar-refractivity contribution < 1.29 is 23.0 Å². The molecule has 0 atom stereocenters. The summed E-state index contributed by atoms with van der Waals surface area (Å²) >= 11 is 0. The number of carbonyl (C=O) groups is 1. The first-order valence-corrected chi connectivity index (χ1v) is 12.2. The van der Waals surface area contributed by atoms with Gasteiger partial charge in [0.1, 0.15) is 18.2 Å². The quantitative estimate of drug-likeness (QED) is 0.212. The van der Waals surface area contributed by atoms with Crippen molar-refractivity contribution in [3.05, 3.63) is 114 Å². The summed E-state index contributed by atoms with van der Waals surface area (Å²) in [6, 6.07) is 23.1. The highest BCUT2D eigenvalue weighted by molar-refractivity contribution is 6.03. The fourth-order valence-electron chi connectivity index (χ4n) is 4.71. The Labute approximate surface area is 219 Å². The average Bonchev–Trinajstić information content (AvgIpc) is 3.28. The lowest BCUT2D eigenvalue weighted by molar-refractivity contribution is 0.0588. The lowest BCUT2D eigenvalue weighted by Gasteiger charge is -2.16. The van der Waals surface area contributed by atoms with E-state index in [1.807, 2.05) is 66.9 Å². The van der Waals surface area contributed by atoms with Crippen molar-refractivity contribution in [3.63, 3.8) is 0 Å². The van der Waals surface area contributed by atoms with Crippen molar-refractivity contribution in [1.82, 2.24) is 9.55 Å². The van der Waals surface area contributed by atoms with Crippen LogP contribution in [0.25, 0.3) is 27.7 Å². The van der Waals surface area contributed by atoms with Gasteiger partial charge in [0.05, 0.1) is 18.0 Å². The van der Waals surface area contributed by atoms with Crippen molar-refractivity contribution in [2.75, 3.05) is 7.11 Å². The second-order valence-corrected chi connectivity index (χ2v) is 9.20. The fourth-order valence-corrected chi connectivity index (χ4v) is 4.71. The number of hydrogen-bond donors (Lipinski definition) is 0. The zero-order chi connectivity index (χ0) is 26.8. The molecule has 5 rings (SSSR count). The highest BCUT2D eigenvalue weighted by atomic mass is 19.1. The van der Waals surface area contributed by atoms with Crippen LogP contribution in [0.4, 0.5) is 8.78 Å². The van der Waals surface area contributed by atoms with Gasteiger partial charge in [0.2, 0.25) is 0 Å². The van der Waals surface area contributed by atoms with Gasteiger partial charge >= 0.3 is 5.97 Å². The predicted molar refractivity (Wildman–Crippen MR) is 143 cm³/mol. The Morgan fingerprint density at radius 1 is 0.974 bits per heavy atom. The van der Waals surface area contributed by atoms with E-state index >= 15 is 4.39 Å². The monoisotopic (exact) mass is 512 g/mol. The minimum absolute atomic E-state index is 0.0206. The van der Waals surface area contributed by atoms with Crippen molar-refractivity contribution in [2.45, 2.75) is 26.4 Å². The Morgan fingerprint density at radius 3 is 2.37 bits per heavy atom. The van der Waals surface area contributed by atoms with Gasteiger partial charge in [0, 0.05) is 28.7 Å². The Morgan fingerprint density at radius 2 is 1.71 bits per heavy atom. The molecule has 0 bridgehead atoms. The normalized spacial score (nSPS) is 11.2. The van der Waals surface area contributed by atoms with Crippen LogP contribution in [-0.2, 0) is 11.3 Å². The summed E-state index contributed by atoms with van der Waals surface area (Å²) in [7, 11) is 1.18. The topological polar surface area (TPSA) is 53.3 Å². The van der Waals surface area contributed by atoms with Gasteiger partial charge in [-0.3, -0.25) is 0 Å². The minimum atomic E-state index is -0.848. The highest BCUT2D eigenvalue weighted by Gasteiger charge is 2.26. The number of hydrogen-bond acceptors (Lipinski definition) is 4. The molecule has 0 saturated heterocycles. The second kappa shape index (κ2) is 10.5. The van der Waals surface area contributed by atoms with E-state index in [0.29, 0.717) is 17.9 Å². The van der Waals surface area contributed by atoms with Gasteiger partial charge in [-0.1, -0.05) is 50.2 Å². The smallest absolute Gasteiger partial charge is 0.359 e. The molecule has 38 heavy (non-hydrogen) atoms. The number of nitrogens with zero attached hydrogens (tertiary/aromatic N) is 2. The number of carbonyl (C=O) groups excluding carboxylic acids is 1. The van der Waals surface area contributed by atoms with Gasteiger partial charge in [-0.2, -0.15) is 0 Å². The van der Waals surface area contributed by atoms with E-state index in [2.05, 4.69) is 9.72 Å². The number of aromatic nitrogens is 2. The SMILES string of the molecule is COC(=O)c1ncc(-c2c(C(C)C)n(-c3ccc(F)cc3)c3cccc(OCc4ccccc4)c23)cc1F. The van der Waals surface area contributed by atoms with Crippen molar-refractivity contribution in [2.24, 2.45) is 0 Å². The van der Waals surface area contributed by atoms with E-state index in [-0.39, 0.29) is 17.4 Å².